The van der Waals surface area contributed by atoms with E-state index < -0.39 is 0 Å². The number of benzene rings is 2. The van der Waals surface area contributed by atoms with Crippen molar-refractivity contribution in [1.82, 2.24) is 14.8 Å². The smallest absolute Gasteiger partial charge is 0.234 e. The van der Waals surface area contributed by atoms with Crippen LogP contribution in [0.2, 0.25) is 0 Å². The molecule has 0 aliphatic rings. The number of halogens is 1. The van der Waals surface area contributed by atoms with E-state index >= 15 is 0 Å². The van der Waals surface area contributed by atoms with Gasteiger partial charge in [-0.15, -0.1) is 10.2 Å². The monoisotopic (exact) mass is 457 g/mol. The number of nitrogens with one attached hydrogen (secondary N) is 1. The third-order valence-electron chi connectivity index (χ3n) is 3.86. The SMILES string of the molecule is CCn1c(SCC(=O)Nc2ccc(C#N)cc2)nnc1-c1cc(Br)ccc1O. The highest BCUT2D eigenvalue weighted by molar-refractivity contribution is 9.10. The molecule has 2 aromatic carbocycles. The molecule has 0 saturated carbocycles. The zero-order valence-corrected chi connectivity index (χ0v) is 17.3. The van der Waals surface area contributed by atoms with Gasteiger partial charge in [0.1, 0.15) is 5.75 Å². The third kappa shape index (κ3) is 4.52. The second-order valence-electron chi connectivity index (χ2n) is 5.74. The topological polar surface area (TPSA) is 104 Å². The lowest BCUT2D eigenvalue weighted by Crippen LogP contribution is -2.14. The van der Waals surface area contributed by atoms with E-state index in [1.807, 2.05) is 17.6 Å². The maximum absolute atomic E-state index is 12.2. The van der Waals surface area contributed by atoms with Gasteiger partial charge in [0.15, 0.2) is 11.0 Å². The molecule has 2 N–H and O–H groups in total. The summed E-state index contributed by atoms with van der Waals surface area (Å²) in [7, 11) is 0. The fourth-order valence-electron chi connectivity index (χ4n) is 2.52. The number of phenolic OH excluding ortho intramolecular Hbond substituents is 1. The van der Waals surface area contributed by atoms with E-state index in [0.717, 1.165) is 4.47 Å². The Balaban J connectivity index is 1.71. The van der Waals surface area contributed by atoms with Crippen molar-refractivity contribution in [3.8, 4) is 23.2 Å². The predicted octanol–water partition coefficient (Wildman–Crippen LogP) is 4.04. The van der Waals surface area contributed by atoms with E-state index in [9.17, 15) is 9.90 Å². The van der Waals surface area contributed by atoms with Crippen LogP contribution >= 0.6 is 27.7 Å². The molecule has 0 radical (unpaired) electrons. The lowest BCUT2D eigenvalue weighted by atomic mass is 10.2. The highest BCUT2D eigenvalue weighted by Gasteiger charge is 2.17. The summed E-state index contributed by atoms with van der Waals surface area (Å²) in [6, 6.07) is 13.8. The van der Waals surface area contributed by atoms with Crippen LogP contribution in [-0.4, -0.2) is 31.5 Å². The number of hydrogen-bond donors (Lipinski definition) is 2. The number of carbonyl (C=O) groups excluding carboxylic acids is 1. The van der Waals surface area contributed by atoms with E-state index in [0.29, 0.717) is 34.3 Å². The summed E-state index contributed by atoms with van der Waals surface area (Å²) in [6.07, 6.45) is 0. The molecule has 0 unspecified atom stereocenters. The molecule has 1 aromatic heterocycles. The van der Waals surface area contributed by atoms with Crippen molar-refractivity contribution in [1.29, 1.82) is 5.26 Å². The van der Waals surface area contributed by atoms with Crippen LogP contribution < -0.4 is 5.32 Å². The second-order valence-corrected chi connectivity index (χ2v) is 7.60. The molecular formula is C19H16BrN5O2S. The number of aromatic hydroxyl groups is 1. The van der Waals surface area contributed by atoms with Crippen LogP contribution in [0.4, 0.5) is 5.69 Å². The summed E-state index contributed by atoms with van der Waals surface area (Å²) in [5, 5.41) is 30.7. The normalized spacial score (nSPS) is 10.5. The molecule has 0 bridgehead atoms. The number of anilines is 1. The van der Waals surface area contributed by atoms with Crippen molar-refractivity contribution in [2.45, 2.75) is 18.6 Å². The standard InChI is InChI=1S/C19H16BrN5O2S/c1-2-25-18(15-9-13(20)5-8-16(15)26)23-24-19(25)28-11-17(27)22-14-6-3-12(10-21)4-7-14/h3-9,26H,2,11H2,1H3,(H,22,27). The molecule has 9 heteroatoms. The summed E-state index contributed by atoms with van der Waals surface area (Å²) in [5.74, 6) is 0.617. The average Bonchev–Trinajstić information content (AvgIpc) is 3.11. The number of rotatable bonds is 6. The molecule has 0 spiro atoms. The third-order valence-corrected chi connectivity index (χ3v) is 5.32. The number of amides is 1. The van der Waals surface area contributed by atoms with Crippen LogP contribution in [0.15, 0.2) is 52.1 Å². The predicted molar refractivity (Wildman–Crippen MR) is 111 cm³/mol. The van der Waals surface area contributed by atoms with Crippen LogP contribution in [0.5, 0.6) is 5.75 Å². The molecular weight excluding hydrogens is 442 g/mol. The van der Waals surface area contributed by atoms with E-state index in [2.05, 4.69) is 31.4 Å². The number of hydrogen-bond acceptors (Lipinski definition) is 6. The molecule has 0 fully saturated rings. The first-order valence-electron chi connectivity index (χ1n) is 8.36. The van der Waals surface area contributed by atoms with Gasteiger partial charge in [0.2, 0.25) is 5.91 Å². The Labute approximate surface area is 174 Å². The second kappa shape index (κ2) is 8.91. The van der Waals surface area contributed by atoms with Crippen LogP contribution in [0.3, 0.4) is 0 Å². The quantitative estimate of drug-likeness (QED) is 0.541. The molecule has 3 rings (SSSR count). The number of phenols is 1. The van der Waals surface area contributed by atoms with Gasteiger partial charge in [-0.2, -0.15) is 5.26 Å². The number of nitriles is 1. The Morgan fingerprint density at radius 3 is 2.71 bits per heavy atom. The first-order chi connectivity index (χ1) is 13.5. The Kier molecular flexibility index (Phi) is 6.34. The fourth-order valence-corrected chi connectivity index (χ4v) is 3.69. The molecule has 28 heavy (non-hydrogen) atoms. The molecule has 0 aliphatic heterocycles. The van der Waals surface area contributed by atoms with Crippen molar-refractivity contribution in [3.63, 3.8) is 0 Å². The minimum absolute atomic E-state index is 0.111. The summed E-state index contributed by atoms with van der Waals surface area (Å²) in [6.45, 7) is 2.54. The van der Waals surface area contributed by atoms with E-state index in [-0.39, 0.29) is 17.4 Å². The van der Waals surface area contributed by atoms with Gasteiger partial charge in [0.05, 0.1) is 22.9 Å². The van der Waals surface area contributed by atoms with Crippen molar-refractivity contribution in [2.75, 3.05) is 11.1 Å². The highest BCUT2D eigenvalue weighted by Crippen LogP contribution is 2.32. The Hall–Kier alpha value is -2.83. The van der Waals surface area contributed by atoms with Crippen LogP contribution in [-0.2, 0) is 11.3 Å². The molecule has 0 aliphatic carbocycles. The van der Waals surface area contributed by atoms with E-state index in [4.69, 9.17) is 5.26 Å². The van der Waals surface area contributed by atoms with Gasteiger partial charge in [-0.05, 0) is 49.4 Å². The summed E-state index contributed by atoms with van der Waals surface area (Å²) >= 11 is 4.66. The average molecular weight is 458 g/mol. The van der Waals surface area contributed by atoms with Gasteiger partial charge in [0, 0.05) is 16.7 Å². The van der Waals surface area contributed by atoms with Crippen LogP contribution in [0, 0.1) is 11.3 Å². The van der Waals surface area contributed by atoms with Gasteiger partial charge >= 0.3 is 0 Å². The Morgan fingerprint density at radius 1 is 1.29 bits per heavy atom. The van der Waals surface area contributed by atoms with Gasteiger partial charge in [-0.3, -0.25) is 4.79 Å². The maximum atomic E-state index is 12.2. The number of aromatic nitrogens is 3. The van der Waals surface area contributed by atoms with Gasteiger partial charge < -0.3 is 15.0 Å². The Morgan fingerprint density at radius 2 is 2.04 bits per heavy atom. The number of carbonyl (C=O) groups is 1. The van der Waals surface area contributed by atoms with Crippen LogP contribution in [0.1, 0.15) is 12.5 Å². The number of nitrogens with zero attached hydrogens (tertiary/aromatic N) is 4. The molecule has 7 nitrogen and oxygen atoms in total. The summed E-state index contributed by atoms with van der Waals surface area (Å²) in [5.41, 5.74) is 1.73. The lowest BCUT2D eigenvalue weighted by molar-refractivity contribution is -0.113. The van der Waals surface area contributed by atoms with Gasteiger partial charge in [-0.25, -0.2) is 0 Å². The fraction of sp³-hybridized carbons (Fsp3) is 0.158. The molecule has 0 saturated heterocycles. The first kappa shape index (κ1) is 19.9. The molecule has 3 aromatic rings. The highest BCUT2D eigenvalue weighted by atomic mass is 79.9. The summed E-state index contributed by atoms with van der Waals surface area (Å²) in [4.78, 5) is 12.2. The van der Waals surface area contributed by atoms with Crippen LogP contribution in [0.25, 0.3) is 11.4 Å². The molecule has 1 heterocycles. The maximum Gasteiger partial charge on any atom is 0.234 e. The zero-order chi connectivity index (χ0) is 20.1. The number of thioether (sulfide) groups is 1. The minimum atomic E-state index is -0.188. The van der Waals surface area contributed by atoms with Gasteiger partial charge in [-0.1, -0.05) is 27.7 Å². The zero-order valence-electron chi connectivity index (χ0n) is 14.9. The lowest BCUT2D eigenvalue weighted by Gasteiger charge is -2.09. The van der Waals surface area contributed by atoms with Crippen molar-refractivity contribution in [3.05, 3.63) is 52.5 Å². The minimum Gasteiger partial charge on any atom is -0.507 e. The molecule has 1 amide bonds. The van der Waals surface area contributed by atoms with Crippen molar-refractivity contribution >= 4 is 39.3 Å². The van der Waals surface area contributed by atoms with E-state index in [1.165, 1.54) is 11.8 Å². The largest absolute Gasteiger partial charge is 0.507 e. The molecule has 142 valence electrons. The van der Waals surface area contributed by atoms with Crippen molar-refractivity contribution < 1.29 is 9.90 Å². The Bertz CT molecular complexity index is 1040. The molecule has 0 atom stereocenters. The van der Waals surface area contributed by atoms with Gasteiger partial charge in [0.25, 0.3) is 0 Å². The van der Waals surface area contributed by atoms with Crippen molar-refractivity contribution in [2.24, 2.45) is 0 Å². The first-order valence-corrected chi connectivity index (χ1v) is 10.1. The van der Waals surface area contributed by atoms with E-state index in [1.54, 1.807) is 42.5 Å². The summed E-state index contributed by atoms with van der Waals surface area (Å²) < 4.78 is 2.67.